The van der Waals surface area contributed by atoms with Crippen molar-refractivity contribution in [2.75, 3.05) is 0 Å². The van der Waals surface area contributed by atoms with E-state index in [-0.39, 0.29) is 17.0 Å². The highest BCUT2D eigenvalue weighted by Crippen LogP contribution is 2.38. The highest BCUT2D eigenvalue weighted by atomic mass is 79.9. The molecule has 1 aliphatic heterocycles. The number of benzene rings is 3. The highest BCUT2D eigenvalue weighted by Gasteiger charge is 2.30. The number of fused-ring (bicyclic) bond motifs is 1. The molecular weight excluding hydrogens is 468 g/mol. The van der Waals surface area contributed by atoms with Gasteiger partial charge in [-0.05, 0) is 59.4 Å². The molecule has 3 aromatic carbocycles. The lowest BCUT2D eigenvalue weighted by Gasteiger charge is -2.18. The van der Waals surface area contributed by atoms with E-state index < -0.39 is 5.97 Å². The van der Waals surface area contributed by atoms with E-state index in [4.69, 9.17) is 9.47 Å². The summed E-state index contributed by atoms with van der Waals surface area (Å²) in [7, 11) is 0. The minimum absolute atomic E-state index is 0.00394. The first-order chi connectivity index (χ1) is 15.1. The molecule has 0 saturated heterocycles. The maximum absolute atomic E-state index is 12.9. The Labute approximate surface area is 196 Å². The predicted molar refractivity (Wildman–Crippen MR) is 128 cm³/mol. The van der Waals surface area contributed by atoms with Gasteiger partial charge in [-0.25, -0.2) is 4.79 Å². The molecule has 0 aromatic heterocycles. The summed E-state index contributed by atoms with van der Waals surface area (Å²) in [6.07, 6.45) is 1.70. The number of ether oxygens (including phenoxy) is 2. The molecule has 3 aromatic rings. The molecule has 4 rings (SSSR count). The van der Waals surface area contributed by atoms with Gasteiger partial charge in [0.15, 0.2) is 5.76 Å². The Morgan fingerprint density at radius 3 is 2.38 bits per heavy atom. The summed E-state index contributed by atoms with van der Waals surface area (Å²) < 4.78 is 12.3. The Kier molecular flexibility index (Phi) is 5.78. The van der Waals surface area contributed by atoms with E-state index in [1.54, 1.807) is 37.3 Å². The fourth-order valence-corrected chi connectivity index (χ4v) is 3.94. The van der Waals surface area contributed by atoms with Crippen molar-refractivity contribution in [2.45, 2.75) is 33.1 Å². The molecule has 0 fully saturated rings. The van der Waals surface area contributed by atoms with Gasteiger partial charge in [-0.3, -0.25) is 4.79 Å². The van der Waals surface area contributed by atoms with Crippen LogP contribution in [0.3, 0.4) is 0 Å². The molecular formula is C27H23BrO4. The molecule has 0 bridgehead atoms. The Morgan fingerprint density at radius 2 is 1.72 bits per heavy atom. The first kappa shape index (κ1) is 22.0. The van der Waals surface area contributed by atoms with Crippen LogP contribution in [-0.2, 0) is 5.41 Å². The topological polar surface area (TPSA) is 52.6 Å². The highest BCUT2D eigenvalue weighted by molar-refractivity contribution is 9.10. The van der Waals surface area contributed by atoms with E-state index in [0.717, 1.165) is 15.6 Å². The maximum Gasteiger partial charge on any atom is 0.343 e. The smallest absolute Gasteiger partial charge is 0.343 e. The minimum Gasteiger partial charge on any atom is -0.452 e. The van der Waals surface area contributed by atoms with Crippen LogP contribution >= 0.6 is 15.9 Å². The van der Waals surface area contributed by atoms with Crippen molar-refractivity contribution in [3.05, 3.63) is 98.7 Å². The van der Waals surface area contributed by atoms with Gasteiger partial charge in [0.2, 0.25) is 5.78 Å². The van der Waals surface area contributed by atoms with Crippen LogP contribution in [0.25, 0.3) is 6.08 Å². The second-order valence-corrected chi connectivity index (χ2v) is 9.65. The third-order valence-electron chi connectivity index (χ3n) is 5.33. The van der Waals surface area contributed by atoms with Gasteiger partial charge in [0.05, 0.1) is 11.1 Å². The number of carbonyl (C=O) groups is 2. The van der Waals surface area contributed by atoms with E-state index in [1.165, 1.54) is 0 Å². The van der Waals surface area contributed by atoms with E-state index in [0.29, 0.717) is 28.2 Å². The normalized spacial score (nSPS) is 14.3. The second-order valence-electron chi connectivity index (χ2n) is 8.79. The summed E-state index contributed by atoms with van der Waals surface area (Å²) in [5, 5.41) is 0. The lowest BCUT2D eigenvalue weighted by Crippen LogP contribution is -2.13. The Bertz CT molecular complexity index is 1250. The van der Waals surface area contributed by atoms with E-state index in [1.807, 2.05) is 36.4 Å². The fraction of sp³-hybridized carbons (Fsp3) is 0.185. The average molecular weight is 491 g/mol. The van der Waals surface area contributed by atoms with Crippen LogP contribution in [0.1, 0.15) is 58.2 Å². The van der Waals surface area contributed by atoms with Crippen molar-refractivity contribution >= 4 is 33.8 Å². The molecule has 0 atom stereocenters. The molecule has 0 unspecified atom stereocenters. The number of rotatable bonds is 3. The Morgan fingerprint density at radius 1 is 1.03 bits per heavy atom. The van der Waals surface area contributed by atoms with Crippen molar-refractivity contribution in [2.24, 2.45) is 0 Å². The summed E-state index contributed by atoms with van der Waals surface area (Å²) in [6.45, 7) is 8.16. The number of hydrogen-bond donors (Lipinski definition) is 0. The fourth-order valence-electron chi connectivity index (χ4n) is 3.54. The van der Waals surface area contributed by atoms with Gasteiger partial charge >= 0.3 is 5.97 Å². The zero-order chi connectivity index (χ0) is 23.0. The molecule has 0 N–H and O–H groups in total. The van der Waals surface area contributed by atoms with Crippen LogP contribution in [-0.4, -0.2) is 11.8 Å². The van der Waals surface area contributed by atoms with Crippen molar-refractivity contribution in [3.63, 3.8) is 0 Å². The Balaban J connectivity index is 1.57. The molecule has 1 heterocycles. The molecule has 0 amide bonds. The van der Waals surface area contributed by atoms with Crippen LogP contribution in [0.2, 0.25) is 0 Å². The number of ketones is 1. The van der Waals surface area contributed by atoms with Crippen LogP contribution in [0.4, 0.5) is 0 Å². The molecule has 0 spiro atoms. The first-order valence-electron chi connectivity index (χ1n) is 10.3. The largest absolute Gasteiger partial charge is 0.452 e. The van der Waals surface area contributed by atoms with Gasteiger partial charge in [-0.2, -0.15) is 0 Å². The van der Waals surface area contributed by atoms with Crippen molar-refractivity contribution in [1.29, 1.82) is 0 Å². The third-order valence-corrected chi connectivity index (χ3v) is 6.05. The number of hydrogen-bond acceptors (Lipinski definition) is 4. The summed E-state index contributed by atoms with van der Waals surface area (Å²) in [5.74, 6) is 0.304. The quantitative estimate of drug-likeness (QED) is 0.228. The lowest BCUT2D eigenvalue weighted by molar-refractivity contribution is 0.0734. The molecule has 0 saturated carbocycles. The van der Waals surface area contributed by atoms with Gasteiger partial charge in [-0.1, -0.05) is 67.0 Å². The maximum atomic E-state index is 12.9. The van der Waals surface area contributed by atoms with Crippen molar-refractivity contribution in [1.82, 2.24) is 0 Å². The number of halogens is 1. The molecule has 32 heavy (non-hydrogen) atoms. The zero-order valence-electron chi connectivity index (χ0n) is 18.4. The number of Topliss-reactive ketones (excluding diaryl/α,β-unsaturated/α-hetero) is 1. The first-order valence-corrected chi connectivity index (χ1v) is 11.1. The number of carbonyl (C=O) groups excluding carboxylic acids is 2. The van der Waals surface area contributed by atoms with Crippen LogP contribution < -0.4 is 9.47 Å². The van der Waals surface area contributed by atoms with Crippen LogP contribution in [0.15, 0.2) is 70.9 Å². The molecule has 4 nitrogen and oxygen atoms in total. The van der Waals surface area contributed by atoms with Crippen LogP contribution in [0.5, 0.6) is 11.5 Å². The summed E-state index contributed by atoms with van der Waals surface area (Å²) in [6, 6.07) is 18.3. The lowest BCUT2D eigenvalue weighted by atomic mass is 9.87. The number of allylic oxidation sites excluding steroid dienone is 1. The predicted octanol–water partition coefficient (Wildman–Crippen LogP) is 6.89. The molecule has 0 radical (unpaired) electrons. The van der Waals surface area contributed by atoms with Crippen molar-refractivity contribution in [3.8, 4) is 11.5 Å². The zero-order valence-corrected chi connectivity index (χ0v) is 19.9. The number of esters is 1. The molecule has 162 valence electrons. The van der Waals surface area contributed by atoms with Gasteiger partial charge in [0.25, 0.3) is 0 Å². The SMILES string of the molecule is Cc1cc(OC(=O)c2ccc(C(C)(C)C)cc2)cc2c1C(=O)/C(=C/c1ccccc1Br)O2. The standard InChI is InChI=1S/C27H23BrO4/c1-16-13-20(31-26(30)17-9-11-19(12-10-17)27(2,3)4)15-22-24(16)25(29)23(32-22)14-18-7-5-6-8-21(18)28/h5-15H,1-4H3/b23-14-. The summed E-state index contributed by atoms with van der Waals surface area (Å²) in [4.78, 5) is 25.5. The summed E-state index contributed by atoms with van der Waals surface area (Å²) in [5.41, 5.74) is 3.61. The average Bonchev–Trinajstić information content (AvgIpc) is 3.04. The second kappa shape index (κ2) is 8.40. The summed E-state index contributed by atoms with van der Waals surface area (Å²) >= 11 is 3.48. The van der Waals surface area contributed by atoms with E-state index in [2.05, 4.69) is 36.7 Å². The third kappa shape index (κ3) is 4.39. The van der Waals surface area contributed by atoms with Crippen LogP contribution in [0, 0.1) is 6.92 Å². The molecule has 1 aliphatic rings. The van der Waals surface area contributed by atoms with E-state index >= 15 is 0 Å². The van der Waals surface area contributed by atoms with Gasteiger partial charge < -0.3 is 9.47 Å². The Hall–Kier alpha value is -3.18. The van der Waals surface area contributed by atoms with Gasteiger partial charge in [0, 0.05) is 10.5 Å². The minimum atomic E-state index is -0.460. The van der Waals surface area contributed by atoms with Crippen molar-refractivity contribution < 1.29 is 19.1 Å². The molecule has 5 heteroatoms. The van der Waals surface area contributed by atoms with E-state index in [9.17, 15) is 9.59 Å². The van der Waals surface area contributed by atoms with Gasteiger partial charge in [0.1, 0.15) is 11.5 Å². The monoisotopic (exact) mass is 490 g/mol. The van der Waals surface area contributed by atoms with Gasteiger partial charge in [-0.15, -0.1) is 0 Å². The molecule has 0 aliphatic carbocycles. The number of aryl methyl sites for hydroxylation is 1.